The van der Waals surface area contributed by atoms with Gasteiger partial charge in [-0.25, -0.2) is 0 Å². The van der Waals surface area contributed by atoms with Crippen LogP contribution in [0.1, 0.15) is 53.2 Å². The first kappa shape index (κ1) is 22.2. The van der Waals surface area contributed by atoms with E-state index in [1.54, 1.807) is 36.4 Å². The molecule has 1 aliphatic heterocycles. The minimum absolute atomic E-state index is 0.156. The summed E-state index contributed by atoms with van der Waals surface area (Å²) in [5.74, 6) is -1.19. The Balaban J connectivity index is 1.59. The predicted molar refractivity (Wildman–Crippen MR) is 118 cm³/mol. The summed E-state index contributed by atoms with van der Waals surface area (Å²) >= 11 is 0. The molecule has 0 bridgehead atoms. The first-order valence-electron chi connectivity index (χ1n) is 10.4. The third-order valence-electron chi connectivity index (χ3n) is 5.97. The summed E-state index contributed by atoms with van der Waals surface area (Å²) in [4.78, 5) is 48.5. The molecule has 3 N–H and O–H groups in total. The van der Waals surface area contributed by atoms with Crippen molar-refractivity contribution in [3.8, 4) is 0 Å². The van der Waals surface area contributed by atoms with Gasteiger partial charge in [-0.05, 0) is 67.6 Å². The summed E-state index contributed by atoms with van der Waals surface area (Å²) in [5.41, 5.74) is 3.25. The number of hydrogen-bond acceptors (Lipinski definition) is 4. The molecule has 0 saturated carbocycles. The number of hydrogen-bond donors (Lipinski definition) is 3. The molecule has 31 heavy (non-hydrogen) atoms. The van der Waals surface area contributed by atoms with Crippen LogP contribution in [0.5, 0.6) is 0 Å². The highest BCUT2D eigenvalue weighted by molar-refractivity contribution is 6.03. The van der Waals surface area contributed by atoms with E-state index in [2.05, 4.69) is 16.0 Å². The van der Waals surface area contributed by atoms with Gasteiger partial charge in [0.15, 0.2) is 0 Å². The van der Waals surface area contributed by atoms with Crippen LogP contribution in [0.2, 0.25) is 0 Å². The molecule has 2 aromatic carbocycles. The minimum Gasteiger partial charge on any atom is -0.343 e. The lowest BCUT2D eigenvalue weighted by Gasteiger charge is -2.35. The summed E-state index contributed by atoms with van der Waals surface area (Å²) in [6, 6.07) is 12.4. The summed E-state index contributed by atoms with van der Waals surface area (Å²) < 4.78 is 0. The van der Waals surface area contributed by atoms with Crippen molar-refractivity contribution in [2.24, 2.45) is 0 Å². The minimum atomic E-state index is -0.739. The number of imide groups is 1. The normalized spacial score (nSPS) is 18.3. The Bertz CT molecular complexity index is 1030. The Morgan fingerprint density at radius 2 is 1.74 bits per heavy atom. The smallest absolute Gasteiger partial charge is 0.251 e. The van der Waals surface area contributed by atoms with Crippen molar-refractivity contribution in [1.82, 2.24) is 10.6 Å². The van der Waals surface area contributed by atoms with E-state index < -0.39 is 5.41 Å². The van der Waals surface area contributed by atoms with Gasteiger partial charge in [-0.1, -0.05) is 25.1 Å². The van der Waals surface area contributed by atoms with Crippen molar-refractivity contribution < 1.29 is 19.2 Å². The second-order valence-electron chi connectivity index (χ2n) is 7.92. The molecular formula is C24H27N3O4. The van der Waals surface area contributed by atoms with Gasteiger partial charge in [0, 0.05) is 17.7 Å². The highest BCUT2D eigenvalue weighted by Crippen LogP contribution is 2.36. The lowest BCUT2D eigenvalue weighted by atomic mass is 9.72. The monoisotopic (exact) mass is 421 g/mol. The molecule has 0 spiro atoms. The van der Waals surface area contributed by atoms with E-state index in [9.17, 15) is 19.2 Å². The lowest BCUT2D eigenvalue weighted by molar-refractivity contribution is -0.138. The van der Waals surface area contributed by atoms with Crippen LogP contribution in [-0.2, 0) is 19.8 Å². The van der Waals surface area contributed by atoms with E-state index in [1.807, 2.05) is 26.8 Å². The average Bonchev–Trinajstić information content (AvgIpc) is 2.75. The van der Waals surface area contributed by atoms with Gasteiger partial charge in [0.1, 0.15) is 0 Å². The van der Waals surface area contributed by atoms with Gasteiger partial charge in [0.25, 0.3) is 5.91 Å². The highest BCUT2D eigenvalue weighted by Gasteiger charge is 2.42. The molecule has 4 amide bonds. The van der Waals surface area contributed by atoms with Crippen LogP contribution in [-0.4, -0.2) is 30.2 Å². The topological polar surface area (TPSA) is 104 Å². The standard InChI is InChI=1S/C24H27N3O4/c1-4-24(12-11-20(28)27-23(24)31)18-7-9-19(10-8-18)26-21(29)14-25-22(30)17-6-5-15(2)16(3)13-17/h5-10,13H,4,11-12,14H2,1-3H3,(H,25,30)(H,26,29)(H,27,28,31). The summed E-state index contributed by atoms with van der Waals surface area (Å²) in [5, 5.41) is 7.78. The van der Waals surface area contributed by atoms with Crippen LogP contribution in [0.15, 0.2) is 42.5 Å². The van der Waals surface area contributed by atoms with Crippen molar-refractivity contribution in [2.75, 3.05) is 11.9 Å². The molecule has 162 valence electrons. The number of aryl methyl sites for hydroxylation is 2. The quantitative estimate of drug-likeness (QED) is 0.624. The molecule has 3 rings (SSSR count). The number of amides is 4. The van der Waals surface area contributed by atoms with Crippen LogP contribution in [0.25, 0.3) is 0 Å². The summed E-state index contributed by atoms with van der Waals surface area (Å²) in [6.07, 6.45) is 1.34. The Morgan fingerprint density at radius 1 is 1.03 bits per heavy atom. The first-order chi connectivity index (χ1) is 14.7. The number of rotatable bonds is 6. The van der Waals surface area contributed by atoms with Crippen LogP contribution >= 0.6 is 0 Å². The highest BCUT2D eigenvalue weighted by atomic mass is 16.2. The summed E-state index contributed by atoms with van der Waals surface area (Å²) in [7, 11) is 0. The number of anilines is 1. The van der Waals surface area contributed by atoms with Gasteiger partial charge in [0.2, 0.25) is 17.7 Å². The lowest BCUT2D eigenvalue weighted by Crippen LogP contribution is -2.51. The zero-order chi connectivity index (χ0) is 22.6. The molecule has 1 atom stereocenters. The molecule has 7 heteroatoms. The van der Waals surface area contributed by atoms with Gasteiger partial charge in [-0.3, -0.25) is 24.5 Å². The molecule has 1 aliphatic rings. The van der Waals surface area contributed by atoms with Gasteiger partial charge in [-0.15, -0.1) is 0 Å². The Morgan fingerprint density at radius 3 is 2.35 bits per heavy atom. The van der Waals surface area contributed by atoms with E-state index in [-0.39, 0.29) is 30.2 Å². The summed E-state index contributed by atoms with van der Waals surface area (Å²) in [6.45, 7) is 5.67. The average molecular weight is 421 g/mol. The number of piperidine rings is 1. The fourth-order valence-electron chi connectivity index (χ4n) is 3.79. The molecule has 2 aromatic rings. The molecule has 0 aliphatic carbocycles. The van der Waals surface area contributed by atoms with E-state index in [0.717, 1.165) is 16.7 Å². The van der Waals surface area contributed by atoms with E-state index in [0.29, 0.717) is 30.5 Å². The maximum atomic E-state index is 12.5. The van der Waals surface area contributed by atoms with Crippen molar-refractivity contribution in [3.05, 3.63) is 64.7 Å². The van der Waals surface area contributed by atoms with E-state index in [1.165, 1.54) is 0 Å². The third kappa shape index (κ3) is 4.82. The first-order valence-corrected chi connectivity index (χ1v) is 10.4. The fourth-order valence-corrected chi connectivity index (χ4v) is 3.79. The van der Waals surface area contributed by atoms with Gasteiger partial charge in [-0.2, -0.15) is 0 Å². The van der Waals surface area contributed by atoms with Crippen molar-refractivity contribution >= 4 is 29.3 Å². The Hall–Kier alpha value is -3.48. The molecule has 0 radical (unpaired) electrons. The fraction of sp³-hybridized carbons (Fsp3) is 0.333. The van der Waals surface area contributed by atoms with E-state index >= 15 is 0 Å². The molecule has 1 fully saturated rings. The Labute approximate surface area is 181 Å². The van der Waals surface area contributed by atoms with Gasteiger partial charge in [0.05, 0.1) is 12.0 Å². The van der Waals surface area contributed by atoms with Crippen LogP contribution in [0, 0.1) is 13.8 Å². The van der Waals surface area contributed by atoms with Crippen LogP contribution in [0.3, 0.4) is 0 Å². The largest absolute Gasteiger partial charge is 0.343 e. The number of nitrogens with one attached hydrogen (secondary N) is 3. The second-order valence-corrected chi connectivity index (χ2v) is 7.92. The molecular weight excluding hydrogens is 394 g/mol. The zero-order valence-corrected chi connectivity index (χ0v) is 18.0. The van der Waals surface area contributed by atoms with Crippen molar-refractivity contribution in [1.29, 1.82) is 0 Å². The van der Waals surface area contributed by atoms with Crippen LogP contribution in [0.4, 0.5) is 5.69 Å². The van der Waals surface area contributed by atoms with Crippen LogP contribution < -0.4 is 16.0 Å². The number of carbonyl (C=O) groups is 4. The number of benzene rings is 2. The predicted octanol–water partition coefficient (Wildman–Crippen LogP) is 2.76. The van der Waals surface area contributed by atoms with Gasteiger partial charge < -0.3 is 10.6 Å². The van der Waals surface area contributed by atoms with Gasteiger partial charge >= 0.3 is 0 Å². The Kier molecular flexibility index (Phi) is 6.53. The molecule has 0 aromatic heterocycles. The maximum Gasteiger partial charge on any atom is 0.251 e. The zero-order valence-electron chi connectivity index (χ0n) is 18.0. The van der Waals surface area contributed by atoms with Crippen molar-refractivity contribution in [2.45, 2.75) is 45.4 Å². The second kappa shape index (κ2) is 9.12. The SMILES string of the molecule is CCC1(c2ccc(NC(=O)CNC(=O)c3ccc(C)c(C)c3)cc2)CCC(=O)NC1=O. The number of carbonyl (C=O) groups excluding carboxylic acids is 4. The molecule has 1 heterocycles. The molecule has 1 unspecified atom stereocenters. The van der Waals surface area contributed by atoms with E-state index in [4.69, 9.17) is 0 Å². The maximum absolute atomic E-state index is 12.5. The third-order valence-corrected chi connectivity index (χ3v) is 5.97. The molecule has 7 nitrogen and oxygen atoms in total. The van der Waals surface area contributed by atoms with Crippen molar-refractivity contribution in [3.63, 3.8) is 0 Å². The molecule has 1 saturated heterocycles.